The molecule has 1 fully saturated rings. The molecule has 0 N–H and O–H groups in total. The van der Waals surface area contributed by atoms with E-state index in [1.54, 1.807) is 7.11 Å². The number of carbonyl (C=O) groups is 1. The molecule has 0 bridgehead atoms. The van der Waals surface area contributed by atoms with Crippen LogP contribution in [0.3, 0.4) is 0 Å². The molecule has 140 valence electrons. The fraction of sp³-hybridized carbons (Fsp3) is 0.348. The van der Waals surface area contributed by atoms with E-state index >= 15 is 0 Å². The summed E-state index contributed by atoms with van der Waals surface area (Å²) < 4.78 is 6.68. The van der Waals surface area contributed by atoms with Gasteiger partial charge in [-0.2, -0.15) is 0 Å². The second kappa shape index (κ2) is 7.16. The van der Waals surface area contributed by atoms with Crippen LogP contribution in [0.15, 0.2) is 65.2 Å². The first-order valence-electron chi connectivity index (χ1n) is 9.39. The summed E-state index contributed by atoms with van der Waals surface area (Å²) in [5, 5.41) is 0. The number of hydrogen-bond donors (Lipinski definition) is 0. The van der Waals surface area contributed by atoms with E-state index in [1.807, 2.05) is 30.3 Å². The second-order valence-corrected chi connectivity index (χ2v) is 8.58. The number of methoxy groups -OCH3 is 1. The number of nitrogens with zero attached hydrogens (tertiary/aromatic N) is 1. The van der Waals surface area contributed by atoms with Crippen LogP contribution >= 0.6 is 15.9 Å². The first-order chi connectivity index (χ1) is 13.0. The Hall–Kier alpha value is -2.07. The minimum absolute atomic E-state index is 0.0355. The molecule has 1 aliphatic heterocycles. The fourth-order valence-electron chi connectivity index (χ4n) is 4.60. The molecule has 4 heteroatoms. The molecule has 0 spiro atoms. The number of halogens is 1. The highest BCUT2D eigenvalue weighted by Crippen LogP contribution is 2.55. The maximum absolute atomic E-state index is 13.6. The summed E-state index contributed by atoms with van der Waals surface area (Å²) in [5.74, 6) is 1.22. The quantitative estimate of drug-likeness (QED) is 0.603. The molecular formula is C23H24BrNO2. The Morgan fingerprint density at radius 3 is 2.74 bits per heavy atom. The zero-order chi connectivity index (χ0) is 19.0. The van der Waals surface area contributed by atoms with Gasteiger partial charge in [0.2, 0.25) is 5.91 Å². The Balaban J connectivity index is 1.84. The van der Waals surface area contributed by atoms with Crippen molar-refractivity contribution in [3.05, 3.63) is 76.3 Å². The third-order valence-corrected chi connectivity index (χ3v) is 6.53. The van der Waals surface area contributed by atoms with Crippen LogP contribution in [0.25, 0.3) is 0 Å². The summed E-state index contributed by atoms with van der Waals surface area (Å²) in [6.07, 6.45) is 6.33. The van der Waals surface area contributed by atoms with Gasteiger partial charge in [-0.25, -0.2) is 0 Å². The molecule has 2 aromatic rings. The van der Waals surface area contributed by atoms with Crippen LogP contribution in [-0.4, -0.2) is 17.9 Å². The Kier molecular flexibility index (Phi) is 4.85. The smallest absolute Gasteiger partial charge is 0.230 e. The third kappa shape index (κ3) is 3.10. The summed E-state index contributed by atoms with van der Waals surface area (Å²) in [4.78, 5) is 15.6. The number of allylic oxidation sites excluding steroid dienone is 1. The van der Waals surface area contributed by atoms with E-state index in [-0.39, 0.29) is 23.3 Å². The minimum atomic E-state index is -0.360. The molecule has 0 radical (unpaired) electrons. The van der Waals surface area contributed by atoms with Crippen molar-refractivity contribution in [3.8, 4) is 5.75 Å². The van der Waals surface area contributed by atoms with Crippen LogP contribution in [0, 0.1) is 11.3 Å². The number of amides is 1. The first-order valence-corrected chi connectivity index (χ1v) is 10.2. The average Bonchev–Trinajstić information content (AvgIpc) is 2.90. The Bertz CT molecular complexity index is 879. The van der Waals surface area contributed by atoms with Crippen LogP contribution in [0.5, 0.6) is 5.75 Å². The Morgan fingerprint density at radius 1 is 1.22 bits per heavy atom. The molecular weight excluding hydrogens is 402 g/mol. The molecule has 0 aromatic heterocycles. The van der Waals surface area contributed by atoms with Gasteiger partial charge in [0.05, 0.1) is 18.6 Å². The number of hydrogen-bond acceptors (Lipinski definition) is 2. The summed E-state index contributed by atoms with van der Waals surface area (Å²) >= 11 is 3.60. The molecule has 3 atom stereocenters. The maximum atomic E-state index is 13.6. The molecule has 4 rings (SSSR count). The van der Waals surface area contributed by atoms with Crippen molar-refractivity contribution in [2.24, 2.45) is 11.3 Å². The van der Waals surface area contributed by atoms with Gasteiger partial charge in [0.15, 0.2) is 0 Å². The van der Waals surface area contributed by atoms with Gasteiger partial charge in [0.25, 0.3) is 0 Å². The minimum Gasteiger partial charge on any atom is -0.496 e. The molecule has 2 aromatic carbocycles. The third-order valence-electron chi connectivity index (χ3n) is 6.04. The van der Waals surface area contributed by atoms with Gasteiger partial charge in [0, 0.05) is 22.5 Å². The Morgan fingerprint density at radius 2 is 2.00 bits per heavy atom. The molecule has 0 saturated carbocycles. The second-order valence-electron chi connectivity index (χ2n) is 7.66. The summed E-state index contributed by atoms with van der Waals surface area (Å²) in [6, 6.07) is 16.3. The number of likely N-dealkylation sites (tertiary alicyclic amines) is 1. The van der Waals surface area contributed by atoms with Crippen LogP contribution < -0.4 is 4.74 Å². The van der Waals surface area contributed by atoms with Gasteiger partial charge in [0.1, 0.15) is 5.75 Å². The number of fused-ring (bicyclic) bond motifs is 1. The number of ether oxygens (including phenoxy) is 1. The van der Waals surface area contributed by atoms with Crippen molar-refractivity contribution < 1.29 is 9.53 Å². The highest BCUT2D eigenvalue weighted by molar-refractivity contribution is 9.10. The number of carbonyl (C=O) groups excluding carboxylic acids is 1. The molecule has 27 heavy (non-hydrogen) atoms. The normalized spacial score (nSPS) is 26.9. The lowest BCUT2D eigenvalue weighted by molar-refractivity contribution is -0.137. The van der Waals surface area contributed by atoms with Crippen molar-refractivity contribution in [2.45, 2.75) is 32.4 Å². The van der Waals surface area contributed by atoms with Gasteiger partial charge in [-0.05, 0) is 36.6 Å². The highest BCUT2D eigenvalue weighted by atomic mass is 79.9. The van der Waals surface area contributed by atoms with E-state index in [4.69, 9.17) is 4.74 Å². The summed E-state index contributed by atoms with van der Waals surface area (Å²) in [5.41, 5.74) is 1.86. The van der Waals surface area contributed by atoms with Crippen LogP contribution in [-0.2, 0) is 11.3 Å². The molecule has 3 nitrogen and oxygen atoms in total. The van der Waals surface area contributed by atoms with E-state index in [0.717, 1.165) is 34.2 Å². The SMILES string of the molecule is COc1ccc(Br)cc1[C@H]1[C@@H]2C=CCC[C@@]2(C)C(=O)N1Cc1ccccc1. The maximum Gasteiger partial charge on any atom is 0.230 e. The van der Waals surface area contributed by atoms with Gasteiger partial charge >= 0.3 is 0 Å². The lowest BCUT2D eigenvalue weighted by Gasteiger charge is -2.32. The monoisotopic (exact) mass is 425 g/mol. The predicted molar refractivity (Wildman–Crippen MR) is 110 cm³/mol. The van der Waals surface area contributed by atoms with Crippen molar-refractivity contribution in [3.63, 3.8) is 0 Å². The van der Waals surface area contributed by atoms with Crippen LogP contribution in [0.2, 0.25) is 0 Å². The van der Waals surface area contributed by atoms with Gasteiger partial charge in [-0.15, -0.1) is 0 Å². The number of benzene rings is 2. The van der Waals surface area contributed by atoms with Crippen molar-refractivity contribution >= 4 is 21.8 Å². The predicted octanol–water partition coefficient (Wildman–Crippen LogP) is 5.51. The average molecular weight is 426 g/mol. The van der Waals surface area contributed by atoms with E-state index in [1.165, 1.54) is 0 Å². The van der Waals surface area contributed by atoms with E-state index in [2.05, 4.69) is 58.1 Å². The van der Waals surface area contributed by atoms with Gasteiger partial charge in [-0.1, -0.05) is 65.3 Å². The fourth-order valence-corrected chi connectivity index (χ4v) is 4.98. The van der Waals surface area contributed by atoms with E-state index in [9.17, 15) is 4.79 Å². The van der Waals surface area contributed by atoms with Crippen molar-refractivity contribution in [1.82, 2.24) is 4.90 Å². The lowest BCUT2D eigenvalue weighted by Crippen LogP contribution is -2.34. The molecule has 0 unspecified atom stereocenters. The zero-order valence-corrected chi connectivity index (χ0v) is 17.3. The summed E-state index contributed by atoms with van der Waals surface area (Å²) in [7, 11) is 1.70. The topological polar surface area (TPSA) is 29.5 Å². The molecule has 1 aliphatic carbocycles. The molecule has 1 heterocycles. The van der Waals surface area contributed by atoms with Crippen LogP contribution in [0.1, 0.15) is 36.9 Å². The molecule has 1 amide bonds. The van der Waals surface area contributed by atoms with Gasteiger partial charge in [-0.3, -0.25) is 4.79 Å². The molecule has 1 saturated heterocycles. The standard InChI is InChI=1S/C23H24BrNO2/c1-23-13-7-6-10-19(23)21(18-14-17(24)11-12-20(18)27-2)25(22(23)26)15-16-8-4-3-5-9-16/h3-6,8-12,14,19,21H,7,13,15H2,1-2H3/t19-,21-,23+/m0/s1. The van der Waals surface area contributed by atoms with E-state index in [0.29, 0.717) is 6.54 Å². The Labute approximate surface area is 169 Å². The molecule has 2 aliphatic rings. The van der Waals surface area contributed by atoms with Crippen LogP contribution in [0.4, 0.5) is 0 Å². The highest BCUT2D eigenvalue weighted by Gasteiger charge is 2.56. The van der Waals surface area contributed by atoms with E-state index < -0.39 is 0 Å². The first kappa shape index (κ1) is 18.3. The van der Waals surface area contributed by atoms with Crippen molar-refractivity contribution in [2.75, 3.05) is 7.11 Å². The summed E-state index contributed by atoms with van der Waals surface area (Å²) in [6.45, 7) is 2.74. The largest absolute Gasteiger partial charge is 0.496 e. The zero-order valence-electron chi connectivity index (χ0n) is 15.7. The number of rotatable bonds is 4. The lowest BCUT2D eigenvalue weighted by atomic mass is 9.69. The van der Waals surface area contributed by atoms with Crippen molar-refractivity contribution in [1.29, 1.82) is 0 Å². The van der Waals surface area contributed by atoms with Gasteiger partial charge < -0.3 is 9.64 Å².